The number of H-pyrrole nitrogens is 1. The second-order valence-electron chi connectivity index (χ2n) is 11.1. The Kier molecular flexibility index (Phi) is 8.53. The first kappa shape index (κ1) is 28.3. The topological polar surface area (TPSA) is 120 Å². The number of hydrogen-bond acceptors (Lipinski definition) is 7. The predicted molar refractivity (Wildman–Crippen MR) is 155 cm³/mol. The molecule has 1 aromatic carbocycles. The second kappa shape index (κ2) is 12.1. The largest absolute Gasteiger partial charge is 0.383 e. The molecule has 1 aliphatic carbocycles. The van der Waals surface area contributed by atoms with Gasteiger partial charge >= 0.3 is 0 Å². The van der Waals surface area contributed by atoms with Crippen molar-refractivity contribution in [1.29, 1.82) is 0 Å². The first-order valence-corrected chi connectivity index (χ1v) is 14.7. The lowest BCUT2D eigenvalue weighted by Crippen LogP contribution is -2.56. The fourth-order valence-corrected chi connectivity index (χ4v) is 6.74. The molecule has 3 N–H and O–H groups in total. The SMILES string of the molecule is COCCN(C)C(=O)[C@H]1CC[C@H](NC(=O)c2cc3cc(C)ccc3[nH]2)[C@H](NC(=O)c2nc3c(s2)CN(C)CC3)C1. The number of ether oxygens (including phenoxy) is 1. The number of carbonyl (C=O) groups excluding carboxylic acids is 3. The molecule has 40 heavy (non-hydrogen) atoms. The van der Waals surface area contributed by atoms with E-state index in [1.54, 1.807) is 19.1 Å². The number of aryl methyl sites for hydroxylation is 1. The highest BCUT2D eigenvalue weighted by Crippen LogP contribution is 2.29. The summed E-state index contributed by atoms with van der Waals surface area (Å²) in [7, 11) is 5.45. The molecule has 1 fully saturated rings. The smallest absolute Gasteiger partial charge is 0.280 e. The molecule has 214 valence electrons. The average Bonchev–Trinajstić information content (AvgIpc) is 3.56. The number of thiazole rings is 1. The number of methoxy groups -OCH3 is 1. The zero-order valence-corrected chi connectivity index (χ0v) is 24.4. The quantitative estimate of drug-likeness (QED) is 0.386. The number of amides is 3. The summed E-state index contributed by atoms with van der Waals surface area (Å²) in [5.74, 6) is -0.713. The molecule has 0 spiro atoms. The predicted octanol–water partition coefficient (Wildman–Crippen LogP) is 2.72. The van der Waals surface area contributed by atoms with Crippen molar-refractivity contribution in [3.05, 3.63) is 51.1 Å². The van der Waals surface area contributed by atoms with Gasteiger partial charge in [-0.1, -0.05) is 11.6 Å². The van der Waals surface area contributed by atoms with E-state index in [0.29, 0.717) is 43.1 Å². The van der Waals surface area contributed by atoms with Crippen molar-refractivity contribution < 1.29 is 19.1 Å². The van der Waals surface area contributed by atoms with E-state index in [4.69, 9.17) is 4.74 Å². The third-order valence-corrected chi connectivity index (χ3v) is 9.06. The monoisotopic (exact) mass is 566 g/mol. The Hall–Kier alpha value is -3.28. The molecule has 0 unspecified atom stereocenters. The van der Waals surface area contributed by atoms with Crippen molar-refractivity contribution in [2.75, 3.05) is 40.9 Å². The van der Waals surface area contributed by atoms with Gasteiger partial charge in [0.15, 0.2) is 5.01 Å². The van der Waals surface area contributed by atoms with Gasteiger partial charge in [-0.25, -0.2) is 4.98 Å². The van der Waals surface area contributed by atoms with E-state index in [1.807, 2.05) is 31.2 Å². The van der Waals surface area contributed by atoms with Crippen molar-refractivity contribution in [1.82, 2.24) is 30.4 Å². The van der Waals surface area contributed by atoms with Crippen molar-refractivity contribution in [3.63, 3.8) is 0 Å². The summed E-state index contributed by atoms with van der Waals surface area (Å²) in [5, 5.41) is 7.69. The van der Waals surface area contributed by atoms with Crippen LogP contribution in [0.1, 0.15) is 55.7 Å². The molecule has 0 saturated heterocycles. The summed E-state index contributed by atoms with van der Waals surface area (Å²) in [6.45, 7) is 4.69. The summed E-state index contributed by atoms with van der Waals surface area (Å²) in [6, 6.07) is 7.12. The fraction of sp³-hybridized carbons (Fsp3) is 0.517. The van der Waals surface area contributed by atoms with Crippen LogP contribution in [-0.2, 0) is 22.5 Å². The van der Waals surface area contributed by atoms with Gasteiger partial charge in [0.1, 0.15) is 5.69 Å². The van der Waals surface area contributed by atoms with Gasteiger partial charge in [-0.2, -0.15) is 0 Å². The zero-order chi connectivity index (χ0) is 28.4. The van der Waals surface area contributed by atoms with E-state index in [2.05, 4.69) is 32.5 Å². The Bertz CT molecular complexity index is 1400. The Morgan fingerprint density at radius 2 is 1.98 bits per heavy atom. The minimum atomic E-state index is -0.412. The second-order valence-corrected chi connectivity index (χ2v) is 12.2. The maximum atomic E-state index is 13.4. The van der Waals surface area contributed by atoms with Gasteiger partial charge in [-0.3, -0.25) is 14.4 Å². The molecule has 2 aromatic heterocycles. The number of nitrogens with zero attached hydrogens (tertiary/aromatic N) is 3. The van der Waals surface area contributed by atoms with Gasteiger partial charge in [0.05, 0.1) is 18.3 Å². The van der Waals surface area contributed by atoms with Crippen LogP contribution < -0.4 is 10.6 Å². The molecular formula is C29H38N6O4S. The summed E-state index contributed by atoms with van der Waals surface area (Å²) >= 11 is 1.43. The number of carbonyl (C=O) groups is 3. The standard InChI is InChI=1S/C29H38N6O4S/c1-17-5-7-20-19(13-17)15-24(30-20)26(36)31-21-8-6-18(29(38)35(3)11-12-39-4)14-23(21)32-27(37)28-33-22-9-10-34(2)16-25(22)40-28/h5,7,13,15,18,21,23,30H,6,8-12,14,16H2,1-4H3,(H,31,36)(H,32,37)/t18-,21-,23+/m0/s1. The minimum Gasteiger partial charge on any atom is -0.383 e. The van der Waals surface area contributed by atoms with E-state index < -0.39 is 6.04 Å². The van der Waals surface area contributed by atoms with Crippen LogP contribution in [0.4, 0.5) is 0 Å². The van der Waals surface area contributed by atoms with Crippen molar-refractivity contribution in [2.24, 2.45) is 5.92 Å². The lowest BCUT2D eigenvalue weighted by Gasteiger charge is -2.37. The average molecular weight is 567 g/mol. The summed E-state index contributed by atoms with van der Waals surface area (Å²) in [5.41, 5.74) is 3.48. The normalized spacial score (nSPS) is 21.1. The highest BCUT2D eigenvalue weighted by Gasteiger charge is 2.37. The summed E-state index contributed by atoms with van der Waals surface area (Å²) in [6.07, 6.45) is 2.46. The zero-order valence-electron chi connectivity index (χ0n) is 23.6. The molecule has 0 bridgehead atoms. The molecule has 5 rings (SSSR count). The molecule has 1 aliphatic heterocycles. The Morgan fingerprint density at radius 1 is 1.18 bits per heavy atom. The van der Waals surface area contributed by atoms with Crippen LogP contribution >= 0.6 is 11.3 Å². The van der Waals surface area contributed by atoms with Gasteiger partial charge in [-0.15, -0.1) is 11.3 Å². The van der Waals surface area contributed by atoms with Crippen LogP contribution in [0.5, 0.6) is 0 Å². The van der Waals surface area contributed by atoms with Crippen molar-refractivity contribution in [3.8, 4) is 0 Å². The maximum Gasteiger partial charge on any atom is 0.280 e. The molecule has 3 atom stereocenters. The van der Waals surface area contributed by atoms with Crippen LogP contribution in [0.3, 0.4) is 0 Å². The Balaban J connectivity index is 1.33. The molecule has 11 heteroatoms. The molecule has 2 aliphatic rings. The first-order chi connectivity index (χ1) is 19.2. The third-order valence-electron chi connectivity index (χ3n) is 7.98. The number of fused-ring (bicyclic) bond motifs is 2. The number of hydrogen-bond donors (Lipinski definition) is 3. The van der Waals surface area contributed by atoms with Crippen LogP contribution in [0.15, 0.2) is 24.3 Å². The molecule has 1 saturated carbocycles. The number of likely N-dealkylation sites (N-methyl/N-ethyl adjacent to an activating group) is 2. The molecule has 0 radical (unpaired) electrons. The van der Waals surface area contributed by atoms with E-state index in [1.165, 1.54) is 11.3 Å². The summed E-state index contributed by atoms with van der Waals surface area (Å²) < 4.78 is 5.13. The fourth-order valence-electron chi connectivity index (χ4n) is 5.65. The first-order valence-electron chi connectivity index (χ1n) is 13.8. The molecule has 3 aromatic rings. The molecule has 3 amide bonds. The van der Waals surface area contributed by atoms with E-state index in [0.717, 1.165) is 46.5 Å². The van der Waals surface area contributed by atoms with E-state index in [-0.39, 0.29) is 29.7 Å². The molecular weight excluding hydrogens is 528 g/mol. The van der Waals surface area contributed by atoms with E-state index in [9.17, 15) is 14.4 Å². The van der Waals surface area contributed by atoms with Gasteiger partial charge < -0.3 is 30.2 Å². The third kappa shape index (κ3) is 6.21. The van der Waals surface area contributed by atoms with Crippen LogP contribution in [0.25, 0.3) is 10.9 Å². The van der Waals surface area contributed by atoms with Crippen molar-refractivity contribution in [2.45, 2.75) is 51.2 Å². The Labute approximate surface area is 238 Å². The highest BCUT2D eigenvalue weighted by molar-refractivity contribution is 7.13. The lowest BCUT2D eigenvalue weighted by atomic mass is 9.81. The number of aromatic nitrogens is 2. The van der Waals surface area contributed by atoms with Gasteiger partial charge in [0.2, 0.25) is 5.91 Å². The van der Waals surface area contributed by atoms with Crippen LogP contribution in [0.2, 0.25) is 0 Å². The number of aromatic amines is 1. The van der Waals surface area contributed by atoms with Crippen LogP contribution in [0, 0.1) is 12.8 Å². The number of rotatable bonds is 8. The van der Waals surface area contributed by atoms with Gasteiger partial charge in [0, 0.05) is 68.0 Å². The van der Waals surface area contributed by atoms with Crippen LogP contribution in [-0.4, -0.2) is 90.5 Å². The summed E-state index contributed by atoms with van der Waals surface area (Å²) in [4.78, 5) is 52.8. The minimum absolute atomic E-state index is 0.0276. The Morgan fingerprint density at radius 3 is 2.77 bits per heavy atom. The molecule has 10 nitrogen and oxygen atoms in total. The van der Waals surface area contributed by atoms with Gasteiger partial charge in [0.25, 0.3) is 11.8 Å². The maximum absolute atomic E-state index is 13.4. The number of benzene rings is 1. The molecule has 3 heterocycles. The highest BCUT2D eigenvalue weighted by atomic mass is 32.1. The van der Waals surface area contributed by atoms with Crippen molar-refractivity contribution >= 4 is 40.0 Å². The lowest BCUT2D eigenvalue weighted by molar-refractivity contribution is -0.136. The number of nitrogens with one attached hydrogen (secondary N) is 3. The van der Waals surface area contributed by atoms with E-state index >= 15 is 0 Å². The van der Waals surface area contributed by atoms with Gasteiger partial charge in [-0.05, 0) is 51.4 Å².